The summed E-state index contributed by atoms with van der Waals surface area (Å²) in [5.74, 6) is -1.73. The van der Waals surface area contributed by atoms with Crippen LogP contribution in [-0.4, -0.2) is 11.0 Å². The summed E-state index contributed by atoms with van der Waals surface area (Å²) in [6.45, 7) is 0. The lowest BCUT2D eigenvalue weighted by Crippen LogP contribution is -2.34. The Balaban J connectivity index is 2.08. The van der Waals surface area contributed by atoms with Gasteiger partial charge < -0.3 is 14.3 Å². The van der Waals surface area contributed by atoms with Gasteiger partial charge in [-0.1, -0.05) is 24.3 Å². The highest BCUT2D eigenvalue weighted by molar-refractivity contribution is 5.93. The number of para-hydroxylation sites is 1. The van der Waals surface area contributed by atoms with Crippen molar-refractivity contribution in [2.75, 3.05) is 0 Å². The first kappa shape index (κ1) is 15.0. The third kappa shape index (κ3) is 2.25. The molecule has 6 nitrogen and oxygen atoms in total. The summed E-state index contributed by atoms with van der Waals surface area (Å²) >= 11 is 0. The molecule has 0 amide bonds. The predicted octanol–water partition coefficient (Wildman–Crippen LogP) is 3.14. The van der Waals surface area contributed by atoms with Crippen molar-refractivity contribution in [1.82, 2.24) is 0 Å². The molecule has 2 heterocycles. The number of ether oxygens (including phenoxy) is 1. The van der Waals surface area contributed by atoms with Crippen molar-refractivity contribution < 1.29 is 14.3 Å². The van der Waals surface area contributed by atoms with Gasteiger partial charge in [-0.25, -0.2) is 4.79 Å². The normalized spacial score (nSPS) is 19.1. The Hall–Kier alpha value is -3.59. The molecule has 2 N–H and O–H groups in total. The molecule has 1 aliphatic rings. The first-order valence-electron chi connectivity index (χ1n) is 7.60. The van der Waals surface area contributed by atoms with Gasteiger partial charge in [0.05, 0.1) is 17.0 Å². The number of fused-ring (bicyclic) bond motifs is 3. The highest BCUT2D eigenvalue weighted by Gasteiger charge is 2.40. The van der Waals surface area contributed by atoms with E-state index in [0.29, 0.717) is 16.5 Å². The molecule has 0 radical (unpaired) electrons. The lowest BCUT2D eigenvalue weighted by molar-refractivity contribution is 0.429. The third-order valence-electron chi connectivity index (χ3n) is 4.31. The zero-order valence-electron chi connectivity index (χ0n) is 12.9. The van der Waals surface area contributed by atoms with E-state index in [-0.39, 0.29) is 23.0 Å². The van der Waals surface area contributed by atoms with Crippen LogP contribution in [0.2, 0.25) is 0 Å². The average Bonchev–Trinajstić information content (AvgIpc) is 2.60. The van der Waals surface area contributed by atoms with Crippen molar-refractivity contribution in [3.8, 4) is 17.6 Å². The monoisotopic (exact) mass is 332 g/mol. The molecule has 2 aromatic carbocycles. The summed E-state index contributed by atoms with van der Waals surface area (Å²) in [6, 6.07) is 15.2. The number of nitrogens with one attached hydrogen (secondary N) is 1. The zero-order valence-corrected chi connectivity index (χ0v) is 12.9. The van der Waals surface area contributed by atoms with Crippen LogP contribution in [-0.2, 0) is 0 Å². The summed E-state index contributed by atoms with van der Waals surface area (Å²) in [5, 5.41) is 28.0. The van der Waals surface area contributed by atoms with Crippen LogP contribution < -0.4 is 10.4 Å². The van der Waals surface area contributed by atoms with E-state index in [1.807, 2.05) is 6.07 Å². The highest BCUT2D eigenvalue weighted by Crippen LogP contribution is 2.43. The topological polar surface area (TPSA) is 107 Å². The Kier molecular flexibility index (Phi) is 3.29. The van der Waals surface area contributed by atoms with Gasteiger partial charge in [0.25, 0.3) is 0 Å². The Labute approximate surface area is 142 Å². The lowest BCUT2D eigenvalue weighted by Gasteiger charge is -2.29. The molecular formula is C19H12N2O4. The summed E-state index contributed by atoms with van der Waals surface area (Å²) in [6.07, 6.45) is 0. The van der Waals surface area contributed by atoms with Gasteiger partial charge >= 0.3 is 5.63 Å². The molecule has 0 aliphatic carbocycles. The second kappa shape index (κ2) is 5.49. The van der Waals surface area contributed by atoms with Gasteiger partial charge in [-0.3, -0.25) is 5.41 Å². The predicted molar refractivity (Wildman–Crippen MR) is 89.9 cm³/mol. The number of nitriles is 1. The maximum absolute atomic E-state index is 12.6. The maximum atomic E-state index is 12.6. The van der Waals surface area contributed by atoms with Crippen LogP contribution in [0.25, 0.3) is 11.0 Å². The first-order valence-corrected chi connectivity index (χ1v) is 7.60. The van der Waals surface area contributed by atoms with Crippen LogP contribution in [0.5, 0.6) is 11.5 Å². The van der Waals surface area contributed by atoms with Crippen molar-refractivity contribution >= 4 is 16.9 Å². The fourth-order valence-electron chi connectivity index (χ4n) is 3.22. The SMILES string of the molecule is N#CC1C(=N)Oc2c(c(=O)oc3ccccc23)C1c1cccc(O)c1. The smallest absolute Gasteiger partial charge is 0.343 e. The minimum Gasteiger partial charge on any atom is -0.508 e. The fraction of sp³-hybridized carbons (Fsp3) is 0.105. The van der Waals surface area contributed by atoms with Gasteiger partial charge in [0.2, 0.25) is 5.90 Å². The number of benzene rings is 2. The van der Waals surface area contributed by atoms with Gasteiger partial charge in [0, 0.05) is 5.92 Å². The largest absolute Gasteiger partial charge is 0.508 e. The minimum atomic E-state index is -0.988. The van der Waals surface area contributed by atoms with E-state index in [1.54, 1.807) is 36.4 Å². The van der Waals surface area contributed by atoms with E-state index in [0.717, 1.165) is 0 Å². The Morgan fingerprint density at radius 2 is 1.96 bits per heavy atom. The van der Waals surface area contributed by atoms with Gasteiger partial charge in [0.15, 0.2) is 5.75 Å². The molecular weight excluding hydrogens is 320 g/mol. The molecule has 0 bridgehead atoms. The average molecular weight is 332 g/mol. The van der Waals surface area contributed by atoms with E-state index >= 15 is 0 Å². The lowest BCUT2D eigenvalue weighted by atomic mass is 9.79. The highest BCUT2D eigenvalue weighted by atomic mass is 16.5. The van der Waals surface area contributed by atoms with Gasteiger partial charge in [-0.15, -0.1) is 0 Å². The number of nitrogens with zero attached hydrogens (tertiary/aromatic N) is 1. The van der Waals surface area contributed by atoms with Gasteiger partial charge in [-0.2, -0.15) is 5.26 Å². The van der Waals surface area contributed by atoms with Crippen LogP contribution in [0, 0.1) is 22.7 Å². The second-order valence-electron chi connectivity index (χ2n) is 5.77. The molecule has 6 heteroatoms. The molecule has 1 aliphatic heterocycles. The Bertz CT molecular complexity index is 1110. The van der Waals surface area contributed by atoms with Crippen molar-refractivity contribution in [2.45, 2.75) is 5.92 Å². The molecule has 3 aromatic rings. The van der Waals surface area contributed by atoms with Crippen molar-refractivity contribution in [3.63, 3.8) is 0 Å². The first-order chi connectivity index (χ1) is 12.1. The van der Waals surface area contributed by atoms with E-state index in [4.69, 9.17) is 14.6 Å². The number of rotatable bonds is 1. The molecule has 1 aromatic heterocycles. The molecule has 0 spiro atoms. The minimum absolute atomic E-state index is 0.0129. The quantitative estimate of drug-likeness (QED) is 0.666. The molecule has 0 saturated carbocycles. The van der Waals surface area contributed by atoms with Crippen LogP contribution in [0.1, 0.15) is 17.0 Å². The zero-order chi connectivity index (χ0) is 17.6. The van der Waals surface area contributed by atoms with Crippen molar-refractivity contribution in [2.24, 2.45) is 5.92 Å². The summed E-state index contributed by atoms with van der Waals surface area (Å²) in [7, 11) is 0. The number of hydrogen-bond acceptors (Lipinski definition) is 6. The van der Waals surface area contributed by atoms with E-state index in [9.17, 15) is 15.2 Å². The number of phenolic OH excluding ortho intramolecular Hbond substituents is 1. The Morgan fingerprint density at radius 3 is 2.72 bits per heavy atom. The number of hydrogen-bond donors (Lipinski definition) is 2. The molecule has 25 heavy (non-hydrogen) atoms. The van der Waals surface area contributed by atoms with Crippen molar-refractivity contribution in [3.05, 3.63) is 70.1 Å². The van der Waals surface area contributed by atoms with Crippen LogP contribution in [0.3, 0.4) is 0 Å². The fourth-order valence-corrected chi connectivity index (χ4v) is 3.22. The van der Waals surface area contributed by atoms with E-state index in [1.165, 1.54) is 12.1 Å². The van der Waals surface area contributed by atoms with E-state index < -0.39 is 17.5 Å². The van der Waals surface area contributed by atoms with Gasteiger partial charge in [-0.05, 0) is 29.8 Å². The molecule has 4 rings (SSSR count). The third-order valence-corrected chi connectivity index (χ3v) is 4.31. The van der Waals surface area contributed by atoms with Gasteiger partial charge in [0.1, 0.15) is 17.3 Å². The van der Waals surface area contributed by atoms with Crippen molar-refractivity contribution in [1.29, 1.82) is 10.7 Å². The van der Waals surface area contributed by atoms with Crippen LogP contribution in [0.4, 0.5) is 0 Å². The maximum Gasteiger partial charge on any atom is 0.343 e. The number of phenols is 1. The summed E-state index contributed by atoms with van der Waals surface area (Å²) in [4.78, 5) is 12.6. The molecule has 122 valence electrons. The second-order valence-corrected chi connectivity index (χ2v) is 5.77. The summed E-state index contributed by atoms with van der Waals surface area (Å²) in [5.41, 5.74) is 0.467. The van der Waals surface area contributed by atoms with Crippen LogP contribution in [0.15, 0.2) is 57.7 Å². The van der Waals surface area contributed by atoms with E-state index in [2.05, 4.69) is 0 Å². The standard InChI is InChI=1S/C19H12N2O4/c20-9-13-15(10-4-3-5-11(22)8-10)16-17(25-18(13)21)12-6-1-2-7-14(12)24-19(16)23/h1-8,13,15,21-22H. The van der Waals surface area contributed by atoms with Crippen LogP contribution >= 0.6 is 0 Å². The summed E-state index contributed by atoms with van der Waals surface area (Å²) < 4.78 is 10.9. The molecule has 0 fully saturated rings. The number of aromatic hydroxyl groups is 1. The molecule has 2 unspecified atom stereocenters. The molecule has 2 atom stereocenters. The Morgan fingerprint density at radius 1 is 1.16 bits per heavy atom. The molecule has 0 saturated heterocycles.